The molecule has 1 aliphatic carbocycles. The van der Waals surface area contributed by atoms with Crippen molar-refractivity contribution in [3.8, 4) is 0 Å². The molecular formula is C13H15FO2. The number of fused-ring (bicyclic) bond motifs is 1. The van der Waals surface area contributed by atoms with Gasteiger partial charge in [-0.3, -0.25) is 4.79 Å². The third-order valence-electron chi connectivity index (χ3n) is 3.39. The van der Waals surface area contributed by atoms with E-state index in [1.165, 1.54) is 6.07 Å². The molecule has 0 fully saturated rings. The molecule has 0 bridgehead atoms. The minimum absolute atomic E-state index is 0.0456. The Hall–Kier alpha value is -1.38. The van der Waals surface area contributed by atoms with Gasteiger partial charge in [-0.15, -0.1) is 0 Å². The fourth-order valence-corrected chi connectivity index (χ4v) is 2.53. The van der Waals surface area contributed by atoms with E-state index >= 15 is 0 Å². The minimum atomic E-state index is -0.783. The Morgan fingerprint density at radius 2 is 2.19 bits per heavy atom. The number of hydrogen-bond acceptors (Lipinski definition) is 1. The van der Waals surface area contributed by atoms with Crippen LogP contribution in [-0.4, -0.2) is 11.1 Å². The Balaban J connectivity index is 2.36. The van der Waals surface area contributed by atoms with E-state index in [0.717, 1.165) is 24.0 Å². The largest absolute Gasteiger partial charge is 0.481 e. The Morgan fingerprint density at radius 3 is 2.88 bits per heavy atom. The van der Waals surface area contributed by atoms with Crippen molar-refractivity contribution in [1.82, 2.24) is 0 Å². The lowest BCUT2D eigenvalue weighted by atomic mass is 9.76. The molecule has 1 aliphatic rings. The van der Waals surface area contributed by atoms with E-state index < -0.39 is 5.97 Å². The predicted octanol–water partition coefficient (Wildman–Crippen LogP) is 3.28. The molecule has 1 aromatic carbocycles. The fourth-order valence-electron chi connectivity index (χ4n) is 2.53. The van der Waals surface area contributed by atoms with Crippen molar-refractivity contribution in [1.29, 1.82) is 0 Å². The van der Waals surface area contributed by atoms with Crippen LogP contribution in [0.4, 0.5) is 4.39 Å². The van der Waals surface area contributed by atoms with Gasteiger partial charge in [-0.1, -0.05) is 13.0 Å². The van der Waals surface area contributed by atoms with Crippen LogP contribution in [0.3, 0.4) is 0 Å². The topological polar surface area (TPSA) is 37.3 Å². The predicted molar refractivity (Wildman–Crippen MR) is 59.0 cm³/mol. The van der Waals surface area contributed by atoms with Gasteiger partial charge >= 0.3 is 5.97 Å². The number of carboxylic acids is 1. The second-order valence-electron chi connectivity index (χ2n) is 4.55. The Morgan fingerprint density at radius 1 is 1.44 bits per heavy atom. The summed E-state index contributed by atoms with van der Waals surface area (Å²) in [7, 11) is 0. The lowest BCUT2D eigenvalue weighted by Gasteiger charge is -2.28. The highest BCUT2D eigenvalue weighted by atomic mass is 19.1. The number of carbonyl (C=O) groups is 1. The summed E-state index contributed by atoms with van der Waals surface area (Å²) in [4.78, 5) is 10.8. The first-order chi connectivity index (χ1) is 7.58. The van der Waals surface area contributed by atoms with Crippen molar-refractivity contribution < 1.29 is 14.3 Å². The van der Waals surface area contributed by atoms with Gasteiger partial charge in [-0.25, -0.2) is 4.39 Å². The van der Waals surface area contributed by atoms with Gasteiger partial charge in [0.15, 0.2) is 0 Å². The van der Waals surface area contributed by atoms with Crippen LogP contribution in [0.15, 0.2) is 18.2 Å². The number of halogens is 1. The zero-order valence-corrected chi connectivity index (χ0v) is 9.24. The van der Waals surface area contributed by atoms with Gasteiger partial charge in [0.25, 0.3) is 0 Å². The molecular weight excluding hydrogens is 207 g/mol. The Kier molecular flexibility index (Phi) is 2.95. The lowest BCUT2D eigenvalue weighted by Crippen LogP contribution is -2.16. The maximum atomic E-state index is 13.1. The number of benzene rings is 1. The van der Waals surface area contributed by atoms with Gasteiger partial charge in [0, 0.05) is 0 Å². The lowest BCUT2D eigenvalue weighted by molar-refractivity contribution is -0.137. The van der Waals surface area contributed by atoms with E-state index in [9.17, 15) is 9.18 Å². The number of rotatable bonds is 2. The fraction of sp³-hybridized carbons (Fsp3) is 0.462. The molecule has 0 saturated carbocycles. The summed E-state index contributed by atoms with van der Waals surface area (Å²) in [5.74, 6) is -0.642. The van der Waals surface area contributed by atoms with E-state index in [0.29, 0.717) is 5.92 Å². The van der Waals surface area contributed by atoms with Gasteiger partial charge in [0.1, 0.15) is 5.82 Å². The molecule has 0 radical (unpaired) electrons. The van der Waals surface area contributed by atoms with Gasteiger partial charge < -0.3 is 5.11 Å². The van der Waals surface area contributed by atoms with Crippen LogP contribution in [0.1, 0.15) is 49.1 Å². The minimum Gasteiger partial charge on any atom is -0.481 e. The summed E-state index contributed by atoms with van der Waals surface area (Å²) in [6.45, 7) is 2.06. The number of carboxylic acid groups (broad SMARTS) is 1. The highest BCUT2D eigenvalue weighted by molar-refractivity contribution is 5.68. The van der Waals surface area contributed by atoms with E-state index in [4.69, 9.17) is 5.11 Å². The molecule has 2 unspecified atom stereocenters. The van der Waals surface area contributed by atoms with Crippen molar-refractivity contribution >= 4 is 5.97 Å². The standard InChI is InChI=1S/C13H15FO2/c1-8-2-3-9(6-13(15)16)11-5-4-10(14)7-12(8)11/h4-5,7-9H,2-3,6H2,1H3,(H,15,16). The SMILES string of the molecule is CC1CCC(CC(=O)O)c2ccc(F)cc21. The second kappa shape index (κ2) is 4.24. The summed E-state index contributed by atoms with van der Waals surface area (Å²) in [6.07, 6.45) is 1.96. The molecule has 86 valence electrons. The molecule has 2 rings (SSSR count). The molecule has 0 spiro atoms. The molecule has 1 aromatic rings. The zero-order valence-electron chi connectivity index (χ0n) is 9.24. The molecule has 2 nitrogen and oxygen atoms in total. The highest BCUT2D eigenvalue weighted by Crippen LogP contribution is 2.40. The van der Waals surface area contributed by atoms with Crippen molar-refractivity contribution in [2.45, 2.75) is 38.0 Å². The molecule has 0 saturated heterocycles. The third-order valence-corrected chi connectivity index (χ3v) is 3.39. The quantitative estimate of drug-likeness (QED) is 0.833. The number of hydrogen-bond donors (Lipinski definition) is 1. The van der Waals surface area contributed by atoms with E-state index in [1.807, 2.05) is 0 Å². The van der Waals surface area contributed by atoms with Crippen LogP contribution in [0.25, 0.3) is 0 Å². The van der Waals surface area contributed by atoms with Crippen molar-refractivity contribution in [2.24, 2.45) is 0 Å². The maximum absolute atomic E-state index is 13.1. The maximum Gasteiger partial charge on any atom is 0.303 e. The smallest absolute Gasteiger partial charge is 0.303 e. The average Bonchev–Trinajstić information content (AvgIpc) is 2.22. The first-order valence-corrected chi connectivity index (χ1v) is 5.59. The third kappa shape index (κ3) is 2.08. The van der Waals surface area contributed by atoms with Crippen molar-refractivity contribution in [3.05, 3.63) is 35.1 Å². The zero-order chi connectivity index (χ0) is 11.7. The van der Waals surface area contributed by atoms with Gasteiger partial charge in [0.05, 0.1) is 6.42 Å². The Labute approximate surface area is 94.1 Å². The van der Waals surface area contributed by atoms with Crippen LogP contribution in [-0.2, 0) is 4.79 Å². The summed E-state index contributed by atoms with van der Waals surface area (Å²) < 4.78 is 13.1. The van der Waals surface area contributed by atoms with Gasteiger partial charge in [-0.05, 0) is 47.9 Å². The molecule has 16 heavy (non-hydrogen) atoms. The van der Waals surface area contributed by atoms with Gasteiger partial charge in [-0.2, -0.15) is 0 Å². The molecule has 0 aliphatic heterocycles. The average molecular weight is 222 g/mol. The normalized spacial score (nSPS) is 23.9. The van der Waals surface area contributed by atoms with Crippen LogP contribution < -0.4 is 0 Å². The molecule has 0 aromatic heterocycles. The van der Waals surface area contributed by atoms with E-state index in [2.05, 4.69) is 6.92 Å². The first-order valence-electron chi connectivity index (χ1n) is 5.59. The number of aliphatic carboxylic acids is 1. The van der Waals surface area contributed by atoms with Crippen LogP contribution >= 0.6 is 0 Å². The summed E-state index contributed by atoms with van der Waals surface area (Å²) in [5, 5.41) is 8.84. The summed E-state index contributed by atoms with van der Waals surface area (Å²) in [5.41, 5.74) is 2.00. The molecule has 0 heterocycles. The van der Waals surface area contributed by atoms with E-state index in [1.54, 1.807) is 12.1 Å². The molecule has 1 N–H and O–H groups in total. The van der Waals surface area contributed by atoms with Crippen LogP contribution in [0.2, 0.25) is 0 Å². The summed E-state index contributed by atoms with van der Waals surface area (Å²) in [6, 6.07) is 4.72. The van der Waals surface area contributed by atoms with E-state index in [-0.39, 0.29) is 18.2 Å². The Bertz CT molecular complexity index is 414. The molecule has 3 heteroatoms. The van der Waals surface area contributed by atoms with Crippen LogP contribution in [0, 0.1) is 5.82 Å². The summed E-state index contributed by atoms with van der Waals surface area (Å²) >= 11 is 0. The second-order valence-corrected chi connectivity index (χ2v) is 4.55. The van der Waals surface area contributed by atoms with Crippen molar-refractivity contribution in [3.63, 3.8) is 0 Å². The highest BCUT2D eigenvalue weighted by Gasteiger charge is 2.26. The molecule has 0 amide bonds. The monoisotopic (exact) mass is 222 g/mol. The van der Waals surface area contributed by atoms with Crippen LogP contribution in [0.5, 0.6) is 0 Å². The first kappa shape index (κ1) is 11.1. The van der Waals surface area contributed by atoms with Gasteiger partial charge in [0.2, 0.25) is 0 Å². The molecule has 2 atom stereocenters. The van der Waals surface area contributed by atoms with Crippen molar-refractivity contribution in [2.75, 3.05) is 0 Å².